The maximum absolute atomic E-state index is 12.8. The summed E-state index contributed by atoms with van der Waals surface area (Å²) < 4.78 is 3.11. The number of anilines is 2. The molecule has 0 aliphatic carbocycles. The van der Waals surface area contributed by atoms with Gasteiger partial charge in [0.2, 0.25) is 5.95 Å². The van der Waals surface area contributed by atoms with Crippen molar-refractivity contribution in [3.8, 4) is 5.69 Å². The van der Waals surface area contributed by atoms with Gasteiger partial charge < -0.3 is 15.3 Å². The molecule has 3 heterocycles. The van der Waals surface area contributed by atoms with E-state index < -0.39 is 12.0 Å². The molecule has 0 spiro atoms. The lowest BCUT2D eigenvalue weighted by Crippen LogP contribution is -2.33. The number of benzene rings is 1. The normalized spacial score (nSPS) is 12.0. The third-order valence-corrected chi connectivity index (χ3v) is 6.34. The van der Waals surface area contributed by atoms with E-state index in [4.69, 9.17) is 0 Å². The monoisotopic (exact) mass is 489 g/mol. The zero-order valence-corrected chi connectivity index (χ0v) is 21.0. The number of aromatic nitrogens is 5. The summed E-state index contributed by atoms with van der Waals surface area (Å²) in [5.74, 6) is 0.132. The first-order valence-electron chi connectivity index (χ1n) is 12.1. The van der Waals surface area contributed by atoms with Gasteiger partial charge in [0.05, 0.1) is 11.2 Å². The predicted octanol–water partition coefficient (Wildman–Crippen LogP) is 3.03. The van der Waals surface area contributed by atoms with Crippen LogP contribution in [-0.4, -0.2) is 54.3 Å². The van der Waals surface area contributed by atoms with Crippen LogP contribution in [0.1, 0.15) is 31.9 Å². The molecule has 10 nitrogen and oxygen atoms in total. The molecule has 0 saturated heterocycles. The number of rotatable bonds is 10. The fraction of sp³-hybridized carbons (Fsp3) is 0.346. The van der Waals surface area contributed by atoms with Gasteiger partial charge in [0.25, 0.3) is 0 Å². The number of carboxylic acids is 1. The molecule has 0 amide bonds. The largest absolute Gasteiger partial charge is 0.480 e. The third kappa shape index (κ3) is 4.79. The van der Waals surface area contributed by atoms with Gasteiger partial charge in [-0.3, -0.25) is 4.57 Å². The van der Waals surface area contributed by atoms with Gasteiger partial charge in [0.15, 0.2) is 5.65 Å². The van der Waals surface area contributed by atoms with Crippen LogP contribution in [0.2, 0.25) is 0 Å². The number of hydrogen-bond acceptors (Lipinski definition) is 7. The highest BCUT2D eigenvalue weighted by Crippen LogP contribution is 2.20. The molecular formula is C26H31N7O3. The lowest BCUT2D eigenvalue weighted by atomic mass is 10.0. The minimum absolute atomic E-state index is 0.193. The van der Waals surface area contributed by atoms with Crippen molar-refractivity contribution >= 4 is 28.9 Å². The Kier molecular flexibility index (Phi) is 7.33. The van der Waals surface area contributed by atoms with Crippen LogP contribution in [0.3, 0.4) is 0 Å². The van der Waals surface area contributed by atoms with E-state index in [9.17, 15) is 14.7 Å². The molecule has 0 aliphatic rings. The van der Waals surface area contributed by atoms with Crippen LogP contribution >= 0.6 is 0 Å². The van der Waals surface area contributed by atoms with Crippen molar-refractivity contribution in [2.24, 2.45) is 7.05 Å². The lowest BCUT2D eigenvalue weighted by Gasteiger charge is -2.22. The minimum Gasteiger partial charge on any atom is -0.480 e. The number of pyridine rings is 1. The fourth-order valence-corrected chi connectivity index (χ4v) is 4.22. The molecular weight excluding hydrogens is 458 g/mol. The molecule has 0 aliphatic heterocycles. The second-order valence-corrected chi connectivity index (χ2v) is 8.50. The molecule has 0 radical (unpaired) electrons. The highest BCUT2D eigenvalue weighted by Gasteiger charge is 2.21. The molecule has 188 valence electrons. The molecule has 36 heavy (non-hydrogen) atoms. The Bertz CT molecular complexity index is 1420. The maximum Gasteiger partial charge on any atom is 0.334 e. The number of aliphatic carboxylic acids is 1. The highest BCUT2D eigenvalue weighted by atomic mass is 16.4. The van der Waals surface area contributed by atoms with Crippen LogP contribution in [0, 0.1) is 0 Å². The van der Waals surface area contributed by atoms with E-state index in [0.717, 1.165) is 29.7 Å². The number of nitrogens with one attached hydrogen (secondary N) is 1. The van der Waals surface area contributed by atoms with Crippen molar-refractivity contribution in [1.82, 2.24) is 24.1 Å². The summed E-state index contributed by atoms with van der Waals surface area (Å²) in [5.41, 5.74) is 3.46. The smallest absolute Gasteiger partial charge is 0.334 e. The van der Waals surface area contributed by atoms with Crippen molar-refractivity contribution in [2.75, 3.05) is 23.3 Å². The van der Waals surface area contributed by atoms with Crippen molar-refractivity contribution in [2.45, 2.75) is 39.7 Å². The standard InChI is InChI=1S/C26H31N7O3/c1-5-18-16-28-25(32(6-2)7-3)30-22(18)29-20(24(34)35)15-17-10-12-19(13-11-17)33-23-21(9-8-14-27-23)31(4)26(33)36/h8-14,16,20H,5-7,15H2,1-4H3,(H,34,35)(H,28,29,30)/t20-/m0/s1. The van der Waals surface area contributed by atoms with Crippen molar-refractivity contribution in [3.63, 3.8) is 0 Å². The van der Waals surface area contributed by atoms with Gasteiger partial charge in [-0.1, -0.05) is 19.1 Å². The summed E-state index contributed by atoms with van der Waals surface area (Å²) >= 11 is 0. The van der Waals surface area contributed by atoms with E-state index >= 15 is 0 Å². The quantitative estimate of drug-likeness (QED) is 0.349. The zero-order valence-electron chi connectivity index (χ0n) is 21.0. The Morgan fingerprint density at radius 1 is 1.11 bits per heavy atom. The van der Waals surface area contributed by atoms with Gasteiger partial charge in [-0.15, -0.1) is 0 Å². The van der Waals surface area contributed by atoms with Crippen LogP contribution in [0.5, 0.6) is 0 Å². The zero-order chi connectivity index (χ0) is 25.8. The third-order valence-electron chi connectivity index (χ3n) is 6.34. The predicted molar refractivity (Wildman–Crippen MR) is 140 cm³/mol. The Labute approximate surface area is 209 Å². The molecule has 0 unspecified atom stereocenters. The van der Waals surface area contributed by atoms with Gasteiger partial charge in [0, 0.05) is 44.5 Å². The van der Waals surface area contributed by atoms with Crippen LogP contribution < -0.4 is 15.9 Å². The fourth-order valence-electron chi connectivity index (χ4n) is 4.22. The summed E-state index contributed by atoms with van der Waals surface area (Å²) in [6, 6.07) is 10.0. The molecule has 0 bridgehead atoms. The molecule has 4 rings (SSSR count). The molecule has 2 N–H and O–H groups in total. The van der Waals surface area contributed by atoms with E-state index in [-0.39, 0.29) is 12.1 Å². The molecule has 1 atom stereocenters. The van der Waals surface area contributed by atoms with Crippen molar-refractivity contribution < 1.29 is 9.90 Å². The van der Waals surface area contributed by atoms with Gasteiger partial charge in [-0.2, -0.15) is 4.98 Å². The molecule has 10 heteroatoms. The number of nitrogens with zero attached hydrogens (tertiary/aromatic N) is 6. The molecule has 3 aromatic heterocycles. The van der Waals surface area contributed by atoms with Crippen molar-refractivity contribution in [3.05, 3.63) is 70.4 Å². The average molecular weight is 490 g/mol. The first kappa shape index (κ1) is 24.9. The van der Waals surface area contributed by atoms with Gasteiger partial charge >= 0.3 is 11.7 Å². The number of fused-ring (bicyclic) bond motifs is 1. The summed E-state index contributed by atoms with van der Waals surface area (Å²) in [6.45, 7) is 7.55. The van der Waals surface area contributed by atoms with Crippen LogP contribution in [-0.2, 0) is 24.7 Å². The molecule has 0 fully saturated rings. The SMILES string of the molecule is CCc1cnc(N(CC)CC)nc1N[C@@H](Cc1ccc(-n2c(=O)n(C)c3cccnc32)cc1)C(=O)O. The molecule has 1 aromatic carbocycles. The number of imidazole rings is 1. The van der Waals surface area contributed by atoms with E-state index in [1.165, 1.54) is 0 Å². The van der Waals surface area contributed by atoms with E-state index in [0.29, 0.717) is 29.5 Å². The van der Waals surface area contributed by atoms with E-state index in [1.807, 2.05) is 56.0 Å². The number of hydrogen-bond donors (Lipinski definition) is 2. The summed E-state index contributed by atoms with van der Waals surface area (Å²) in [6.07, 6.45) is 4.33. The highest BCUT2D eigenvalue weighted by molar-refractivity contribution is 5.78. The summed E-state index contributed by atoms with van der Waals surface area (Å²) in [4.78, 5) is 40.4. The number of carbonyl (C=O) groups is 1. The number of aryl methyl sites for hydroxylation is 2. The first-order chi connectivity index (χ1) is 17.4. The lowest BCUT2D eigenvalue weighted by molar-refractivity contribution is -0.137. The summed E-state index contributed by atoms with van der Waals surface area (Å²) in [7, 11) is 1.71. The van der Waals surface area contributed by atoms with Crippen molar-refractivity contribution in [1.29, 1.82) is 0 Å². The van der Waals surface area contributed by atoms with Crippen LogP contribution in [0.4, 0.5) is 11.8 Å². The second-order valence-electron chi connectivity index (χ2n) is 8.50. The Morgan fingerprint density at radius 2 is 1.83 bits per heavy atom. The van der Waals surface area contributed by atoms with Crippen LogP contribution in [0.25, 0.3) is 16.9 Å². The van der Waals surface area contributed by atoms with E-state index in [1.54, 1.807) is 34.6 Å². The van der Waals surface area contributed by atoms with Gasteiger partial charge in [0.1, 0.15) is 11.9 Å². The second kappa shape index (κ2) is 10.6. The first-order valence-corrected chi connectivity index (χ1v) is 12.1. The Hall–Kier alpha value is -4.21. The maximum atomic E-state index is 12.8. The molecule has 4 aromatic rings. The Morgan fingerprint density at radius 3 is 2.47 bits per heavy atom. The molecule has 0 saturated carbocycles. The summed E-state index contributed by atoms with van der Waals surface area (Å²) in [5, 5.41) is 13.1. The van der Waals surface area contributed by atoms with Gasteiger partial charge in [-0.25, -0.2) is 24.1 Å². The van der Waals surface area contributed by atoms with Crippen LogP contribution in [0.15, 0.2) is 53.6 Å². The number of carboxylic acid groups (broad SMARTS) is 1. The topological polar surface area (TPSA) is 118 Å². The minimum atomic E-state index is -0.974. The van der Waals surface area contributed by atoms with E-state index in [2.05, 4.69) is 20.3 Å². The average Bonchev–Trinajstić information content (AvgIpc) is 3.15. The van der Waals surface area contributed by atoms with Gasteiger partial charge in [-0.05, 0) is 50.1 Å². The Balaban J connectivity index is 1.60.